The second-order valence-corrected chi connectivity index (χ2v) is 6.53. The molecule has 2 fully saturated rings. The van der Waals surface area contributed by atoms with Crippen molar-refractivity contribution in [2.45, 2.75) is 37.8 Å². The van der Waals surface area contributed by atoms with Crippen LogP contribution in [0.25, 0.3) is 10.9 Å². The van der Waals surface area contributed by atoms with Crippen LogP contribution in [0.4, 0.5) is 0 Å². The van der Waals surface area contributed by atoms with Crippen molar-refractivity contribution in [2.24, 2.45) is 5.92 Å². The minimum Gasteiger partial charge on any atom is -0.378 e. The zero-order chi connectivity index (χ0) is 15.8. The average molecular weight is 312 g/mol. The summed E-state index contributed by atoms with van der Waals surface area (Å²) in [6.45, 7) is 0.697. The Hall–Kier alpha value is -2.14. The SMILES string of the molecule is O=C(N[C@H]1CCO[C@@H](C2CC2)C1)c1cc(=O)[nH]c2ccccc12. The molecule has 0 radical (unpaired) electrons. The lowest BCUT2D eigenvalue weighted by Crippen LogP contribution is -2.42. The molecule has 23 heavy (non-hydrogen) atoms. The van der Waals surface area contributed by atoms with Crippen LogP contribution in [0.5, 0.6) is 0 Å². The molecular formula is C18H20N2O3. The molecule has 1 amide bonds. The lowest BCUT2D eigenvalue weighted by atomic mass is 9.99. The largest absolute Gasteiger partial charge is 0.378 e. The second-order valence-electron chi connectivity index (χ2n) is 6.53. The van der Waals surface area contributed by atoms with E-state index in [1.54, 1.807) is 0 Å². The van der Waals surface area contributed by atoms with E-state index in [4.69, 9.17) is 4.74 Å². The Labute approximate surface area is 134 Å². The highest BCUT2D eigenvalue weighted by Gasteiger charge is 2.36. The molecule has 1 saturated carbocycles. The van der Waals surface area contributed by atoms with Crippen molar-refractivity contribution in [3.05, 3.63) is 46.2 Å². The third-order valence-electron chi connectivity index (χ3n) is 4.79. The molecule has 120 valence electrons. The number of carbonyl (C=O) groups is 1. The van der Waals surface area contributed by atoms with Gasteiger partial charge < -0.3 is 15.0 Å². The fraction of sp³-hybridized carbons (Fsp3) is 0.444. The van der Waals surface area contributed by atoms with Gasteiger partial charge in [-0.25, -0.2) is 0 Å². The highest BCUT2D eigenvalue weighted by molar-refractivity contribution is 6.06. The Kier molecular flexibility index (Phi) is 3.65. The van der Waals surface area contributed by atoms with Gasteiger partial charge in [0.1, 0.15) is 0 Å². The fourth-order valence-corrected chi connectivity index (χ4v) is 3.41. The number of aromatic amines is 1. The van der Waals surface area contributed by atoms with Crippen LogP contribution in [0.3, 0.4) is 0 Å². The van der Waals surface area contributed by atoms with Crippen LogP contribution >= 0.6 is 0 Å². The molecular weight excluding hydrogens is 292 g/mol. The molecule has 0 spiro atoms. The van der Waals surface area contributed by atoms with Gasteiger partial charge >= 0.3 is 0 Å². The van der Waals surface area contributed by atoms with Gasteiger partial charge in [0.2, 0.25) is 5.56 Å². The number of aromatic nitrogens is 1. The van der Waals surface area contributed by atoms with Crippen molar-refractivity contribution in [3.63, 3.8) is 0 Å². The quantitative estimate of drug-likeness (QED) is 0.913. The van der Waals surface area contributed by atoms with E-state index in [1.807, 2.05) is 24.3 Å². The van der Waals surface area contributed by atoms with Crippen molar-refractivity contribution < 1.29 is 9.53 Å². The summed E-state index contributed by atoms with van der Waals surface area (Å²) in [5, 5.41) is 3.87. The van der Waals surface area contributed by atoms with Crippen LogP contribution in [0.1, 0.15) is 36.0 Å². The van der Waals surface area contributed by atoms with Gasteiger partial charge in [0.05, 0.1) is 11.7 Å². The summed E-state index contributed by atoms with van der Waals surface area (Å²) < 4.78 is 5.80. The van der Waals surface area contributed by atoms with Crippen molar-refractivity contribution in [2.75, 3.05) is 6.61 Å². The monoisotopic (exact) mass is 312 g/mol. The van der Waals surface area contributed by atoms with E-state index in [2.05, 4.69) is 10.3 Å². The van der Waals surface area contributed by atoms with Crippen LogP contribution in [0, 0.1) is 5.92 Å². The maximum Gasteiger partial charge on any atom is 0.252 e. The highest BCUT2D eigenvalue weighted by atomic mass is 16.5. The number of fused-ring (bicyclic) bond motifs is 1. The predicted molar refractivity (Wildman–Crippen MR) is 87.5 cm³/mol. The summed E-state index contributed by atoms with van der Waals surface area (Å²) >= 11 is 0. The van der Waals surface area contributed by atoms with Gasteiger partial charge in [-0.1, -0.05) is 18.2 Å². The summed E-state index contributed by atoms with van der Waals surface area (Å²) in [5.74, 6) is 0.504. The van der Waals surface area contributed by atoms with E-state index >= 15 is 0 Å². The number of H-pyrrole nitrogens is 1. The van der Waals surface area contributed by atoms with Gasteiger partial charge in [-0.2, -0.15) is 0 Å². The number of ether oxygens (including phenoxy) is 1. The van der Waals surface area contributed by atoms with E-state index in [-0.39, 0.29) is 23.6 Å². The standard InChI is InChI=1S/C18H20N2O3/c21-17-10-14(13-3-1-2-4-15(13)20-17)18(22)19-12-7-8-23-16(9-12)11-5-6-11/h1-4,10-12,16H,5-9H2,(H,19,22)(H,20,21)/t12-,16+/m0/s1. The second kappa shape index (κ2) is 5.81. The normalized spacial score (nSPS) is 24.5. The molecule has 2 heterocycles. The molecule has 2 atom stereocenters. The Morgan fingerprint density at radius 3 is 2.87 bits per heavy atom. The van der Waals surface area contributed by atoms with E-state index < -0.39 is 0 Å². The Morgan fingerprint density at radius 2 is 2.04 bits per heavy atom. The lowest BCUT2D eigenvalue weighted by molar-refractivity contribution is -0.0102. The Bertz CT molecular complexity index is 794. The van der Waals surface area contributed by atoms with E-state index in [9.17, 15) is 9.59 Å². The van der Waals surface area contributed by atoms with Crippen LogP contribution in [-0.4, -0.2) is 29.6 Å². The molecule has 0 unspecified atom stereocenters. The third kappa shape index (κ3) is 3.01. The number of hydrogen-bond donors (Lipinski definition) is 2. The number of nitrogens with one attached hydrogen (secondary N) is 2. The first-order chi connectivity index (χ1) is 11.2. The van der Waals surface area contributed by atoms with Crippen molar-refractivity contribution in [1.82, 2.24) is 10.3 Å². The van der Waals surface area contributed by atoms with Gasteiger partial charge in [0.25, 0.3) is 5.91 Å². The molecule has 2 N–H and O–H groups in total. The number of amides is 1. The summed E-state index contributed by atoms with van der Waals surface area (Å²) in [5.41, 5.74) is 0.878. The molecule has 1 aromatic heterocycles. The third-order valence-corrected chi connectivity index (χ3v) is 4.79. The summed E-state index contributed by atoms with van der Waals surface area (Å²) in [4.78, 5) is 27.2. The number of rotatable bonds is 3. The number of hydrogen-bond acceptors (Lipinski definition) is 3. The van der Waals surface area contributed by atoms with Crippen LogP contribution in [0.2, 0.25) is 0 Å². The summed E-state index contributed by atoms with van der Waals surface area (Å²) in [6.07, 6.45) is 4.46. The maximum absolute atomic E-state index is 12.7. The van der Waals surface area contributed by atoms with Gasteiger partial charge in [-0.05, 0) is 37.7 Å². The first-order valence-corrected chi connectivity index (χ1v) is 8.25. The Morgan fingerprint density at radius 1 is 1.22 bits per heavy atom. The van der Waals surface area contributed by atoms with Gasteiger partial charge in [0.15, 0.2) is 0 Å². The average Bonchev–Trinajstić information content (AvgIpc) is 3.39. The Balaban J connectivity index is 1.56. The molecule has 0 bridgehead atoms. The summed E-state index contributed by atoms with van der Waals surface area (Å²) in [7, 11) is 0. The van der Waals surface area contributed by atoms with Gasteiger partial charge in [-0.3, -0.25) is 9.59 Å². The van der Waals surface area contributed by atoms with Crippen molar-refractivity contribution >= 4 is 16.8 Å². The fourth-order valence-electron chi connectivity index (χ4n) is 3.41. The lowest BCUT2D eigenvalue weighted by Gasteiger charge is -2.30. The topological polar surface area (TPSA) is 71.2 Å². The predicted octanol–water partition coefficient (Wildman–Crippen LogP) is 2.22. The van der Waals surface area contributed by atoms with E-state index in [1.165, 1.54) is 18.9 Å². The first-order valence-electron chi connectivity index (χ1n) is 8.25. The summed E-state index contributed by atoms with van der Waals surface area (Å²) in [6, 6.07) is 8.89. The van der Waals surface area contributed by atoms with Crippen molar-refractivity contribution in [1.29, 1.82) is 0 Å². The zero-order valence-electron chi connectivity index (χ0n) is 12.9. The molecule has 2 aliphatic rings. The molecule has 4 rings (SSSR count). The number of para-hydroxylation sites is 1. The zero-order valence-corrected chi connectivity index (χ0v) is 12.9. The van der Waals surface area contributed by atoms with Crippen LogP contribution < -0.4 is 10.9 Å². The molecule has 2 aromatic rings. The molecule has 1 saturated heterocycles. The maximum atomic E-state index is 12.7. The molecule has 5 nitrogen and oxygen atoms in total. The molecule has 1 aliphatic heterocycles. The van der Waals surface area contributed by atoms with E-state index in [0.717, 1.165) is 18.2 Å². The van der Waals surface area contributed by atoms with Gasteiger partial charge in [0, 0.05) is 29.6 Å². The van der Waals surface area contributed by atoms with Crippen LogP contribution in [-0.2, 0) is 4.74 Å². The molecule has 5 heteroatoms. The number of benzene rings is 1. The minimum absolute atomic E-state index is 0.125. The highest BCUT2D eigenvalue weighted by Crippen LogP contribution is 2.38. The van der Waals surface area contributed by atoms with E-state index in [0.29, 0.717) is 23.6 Å². The molecule has 1 aromatic carbocycles. The minimum atomic E-state index is -0.253. The molecule has 1 aliphatic carbocycles. The number of pyridine rings is 1. The van der Waals surface area contributed by atoms with Crippen molar-refractivity contribution in [3.8, 4) is 0 Å². The van der Waals surface area contributed by atoms with Crippen LogP contribution in [0.15, 0.2) is 35.1 Å². The smallest absolute Gasteiger partial charge is 0.252 e. The number of carbonyl (C=O) groups excluding carboxylic acids is 1. The van der Waals surface area contributed by atoms with Gasteiger partial charge in [-0.15, -0.1) is 0 Å². The first kappa shape index (κ1) is 14.5.